The van der Waals surface area contributed by atoms with Gasteiger partial charge in [0.25, 0.3) is 0 Å². The van der Waals surface area contributed by atoms with Crippen LogP contribution in [0, 0.1) is 0 Å². The zero-order valence-corrected chi connectivity index (χ0v) is 13.6. The lowest BCUT2D eigenvalue weighted by Crippen LogP contribution is -2.36. The second-order valence-corrected chi connectivity index (χ2v) is 6.24. The van der Waals surface area contributed by atoms with Gasteiger partial charge in [-0.2, -0.15) is 4.37 Å². The minimum atomic E-state index is 0.597. The summed E-state index contributed by atoms with van der Waals surface area (Å²) in [7, 11) is 0. The van der Waals surface area contributed by atoms with Gasteiger partial charge in [0.15, 0.2) is 10.8 Å². The van der Waals surface area contributed by atoms with Crippen molar-refractivity contribution in [1.82, 2.24) is 4.37 Å². The zero-order chi connectivity index (χ0) is 14.7. The van der Waals surface area contributed by atoms with E-state index in [1.807, 2.05) is 24.3 Å². The Balaban J connectivity index is 1.88. The third kappa shape index (κ3) is 3.29. The van der Waals surface area contributed by atoms with Gasteiger partial charge in [0.1, 0.15) is 5.69 Å². The number of aromatic nitrogens is 1. The second-order valence-electron chi connectivity index (χ2n) is 4.55. The van der Waals surface area contributed by atoms with Crippen LogP contribution in [0.4, 0.5) is 22.2 Å². The van der Waals surface area contributed by atoms with Gasteiger partial charge in [-0.15, -0.1) is 0 Å². The smallest absolute Gasteiger partial charge is 0.168 e. The van der Waals surface area contributed by atoms with Gasteiger partial charge in [-0.25, -0.2) is 0 Å². The Kier molecular flexibility index (Phi) is 4.59. The average molecular weight is 371 g/mol. The number of benzene rings is 1. The van der Waals surface area contributed by atoms with Crippen molar-refractivity contribution >= 4 is 49.7 Å². The van der Waals surface area contributed by atoms with Gasteiger partial charge in [0.05, 0.1) is 13.2 Å². The maximum absolute atomic E-state index is 9.28. The van der Waals surface area contributed by atoms with Gasteiger partial charge in [-0.3, -0.25) is 10.7 Å². The summed E-state index contributed by atoms with van der Waals surface area (Å²) in [5, 5.41) is 13.2. The van der Waals surface area contributed by atoms with Crippen molar-refractivity contribution in [3.05, 3.63) is 28.7 Å². The Morgan fingerprint density at radius 3 is 2.62 bits per heavy atom. The van der Waals surface area contributed by atoms with Crippen LogP contribution >= 0.6 is 27.5 Å². The third-order valence-corrected chi connectivity index (χ3v) is 4.47. The predicted molar refractivity (Wildman–Crippen MR) is 88.0 cm³/mol. The average Bonchev–Trinajstić information content (AvgIpc) is 2.93. The first-order valence-electron chi connectivity index (χ1n) is 6.53. The van der Waals surface area contributed by atoms with Crippen LogP contribution < -0.4 is 15.7 Å². The van der Waals surface area contributed by atoms with E-state index in [1.54, 1.807) is 0 Å². The molecule has 0 saturated carbocycles. The standard InChI is InChI=1S/C13H15BrN4O2S/c14-9-1-3-10(4-2-9)15-11-12(17-21-13(11)16-19)18-5-7-20-8-6-18/h1-4,15-16,19H,5-8H2. The lowest BCUT2D eigenvalue weighted by atomic mass is 10.3. The molecule has 21 heavy (non-hydrogen) atoms. The Labute approximate surface area is 135 Å². The van der Waals surface area contributed by atoms with Crippen LogP contribution in [0.25, 0.3) is 0 Å². The lowest BCUT2D eigenvalue weighted by molar-refractivity contribution is 0.122. The zero-order valence-electron chi connectivity index (χ0n) is 11.2. The summed E-state index contributed by atoms with van der Waals surface area (Å²) in [6, 6.07) is 7.85. The molecule has 0 unspecified atom stereocenters. The van der Waals surface area contributed by atoms with E-state index in [0.717, 1.165) is 34.8 Å². The molecule has 0 spiro atoms. The van der Waals surface area contributed by atoms with Gasteiger partial charge < -0.3 is 15.0 Å². The molecule has 1 aromatic heterocycles. The van der Waals surface area contributed by atoms with Crippen molar-refractivity contribution in [2.24, 2.45) is 0 Å². The summed E-state index contributed by atoms with van der Waals surface area (Å²) in [6.45, 7) is 2.97. The van der Waals surface area contributed by atoms with Crippen molar-refractivity contribution in [3.63, 3.8) is 0 Å². The van der Waals surface area contributed by atoms with E-state index < -0.39 is 0 Å². The molecule has 6 nitrogen and oxygen atoms in total. The van der Waals surface area contributed by atoms with Crippen LogP contribution in [0.1, 0.15) is 0 Å². The molecule has 1 fully saturated rings. The van der Waals surface area contributed by atoms with Crippen molar-refractivity contribution in [1.29, 1.82) is 0 Å². The second kappa shape index (κ2) is 6.61. The molecule has 8 heteroatoms. The normalized spacial score (nSPS) is 15.0. The molecule has 1 saturated heterocycles. The van der Waals surface area contributed by atoms with Gasteiger partial charge in [-0.05, 0) is 35.8 Å². The Hall–Kier alpha value is -1.35. The number of rotatable bonds is 4. The number of morpholine rings is 1. The van der Waals surface area contributed by atoms with Crippen LogP contribution in [0.15, 0.2) is 28.7 Å². The highest BCUT2D eigenvalue weighted by molar-refractivity contribution is 9.10. The van der Waals surface area contributed by atoms with Gasteiger partial charge >= 0.3 is 0 Å². The molecule has 0 radical (unpaired) electrons. The maximum Gasteiger partial charge on any atom is 0.168 e. The van der Waals surface area contributed by atoms with Crippen LogP contribution in [0.3, 0.4) is 0 Å². The summed E-state index contributed by atoms with van der Waals surface area (Å²) in [5.74, 6) is 0.836. The molecule has 2 heterocycles. The highest BCUT2D eigenvalue weighted by Crippen LogP contribution is 2.38. The Morgan fingerprint density at radius 2 is 1.95 bits per heavy atom. The van der Waals surface area contributed by atoms with Crippen molar-refractivity contribution in [3.8, 4) is 0 Å². The number of nitrogens with zero attached hydrogens (tertiary/aromatic N) is 2. The van der Waals surface area contributed by atoms with E-state index in [1.165, 1.54) is 11.5 Å². The third-order valence-electron chi connectivity index (χ3n) is 3.20. The van der Waals surface area contributed by atoms with E-state index in [9.17, 15) is 5.21 Å². The highest BCUT2D eigenvalue weighted by Gasteiger charge is 2.21. The molecule has 0 atom stereocenters. The first kappa shape index (κ1) is 14.6. The van der Waals surface area contributed by atoms with E-state index in [-0.39, 0.29) is 0 Å². The lowest BCUT2D eigenvalue weighted by Gasteiger charge is -2.27. The Bertz CT molecular complexity index is 599. The monoisotopic (exact) mass is 370 g/mol. The number of hydrogen-bond donors (Lipinski definition) is 3. The number of ether oxygens (including phenoxy) is 1. The number of halogens is 1. The molecule has 1 aromatic carbocycles. The van der Waals surface area contributed by atoms with Crippen molar-refractivity contribution in [2.45, 2.75) is 0 Å². The number of nitrogens with one attached hydrogen (secondary N) is 2. The molecule has 0 bridgehead atoms. The van der Waals surface area contributed by atoms with Gasteiger partial charge in [0.2, 0.25) is 0 Å². The van der Waals surface area contributed by atoms with Crippen molar-refractivity contribution in [2.75, 3.05) is 42.0 Å². The van der Waals surface area contributed by atoms with E-state index in [2.05, 4.69) is 36.0 Å². The topological polar surface area (TPSA) is 69.7 Å². The molecule has 2 aromatic rings. The first-order valence-corrected chi connectivity index (χ1v) is 8.09. The Morgan fingerprint density at radius 1 is 1.24 bits per heavy atom. The van der Waals surface area contributed by atoms with Crippen LogP contribution in [0.2, 0.25) is 0 Å². The summed E-state index contributed by atoms with van der Waals surface area (Å²) in [5.41, 5.74) is 3.93. The van der Waals surface area contributed by atoms with E-state index in [4.69, 9.17) is 4.74 Å². The molecule has 112 valence electrons. The van der Waals surface area contributed by atoms with E-state index >= 15 is 0 Å². The van der Waals surface area contributed by atoms with Crippen LogP contribution in [0.5, 0.6) is 0 Å². The fourth-order valence-electron chi connectivity index (χ4n) is 2.14. The molecule has 1 aliphatic rings. The summed E-state index contributed by atoms with van der Waals surface area (Å²) in [4.78, 5) is 2.15. The quantitative estimate of drug-likeness (QED) is 0.717. The first-order chi connectivity index (χ1) is 10.3. The van der Waals surface area contributed by atoms with Crippen LogP contribution in [-0.4, -0.2) is 35.9 Å². The number of anilines is 4. The molecular formula is C13H15BrN4O2S. The molecular weight excluding hydrogens is 356 g/mol. The van der Waals surface area contributed by atoms with Crippen molar-refractivity contribution < 1.29 is 9.94 Å². The minimum Gasteiger partial charge on any atom is -0.378 e. The predicted octanol–water partition coefficient (Wildman–Crippen LogP) is 3.29. The fraction of sp³-hybridized carbons (Fsp3) is 0.308. The van der Waals surface area contributed by atoms with Crippen LogP contribution in [-0.2, 0) is 4.74 Å². The fourth-order valence-corrected chi connectivity index (χ4v) is 3.06. The molecule has 3 N–H and O–H groups in total. The molecule has 0 amide bonds. The molecule has 0 aliphatic carbocycles. The molecule has 3 rings (SSSR count). The van der Waals surface area contributed by atoms with E-state index in [0.29, 0.717) is 18.2 Å². The maximum atomic E-state index is 9.28. The highest BCUT2D eigenvalue weighted by atomic mass is 79.9. The SMILES string of the molecule is ONc1snc(N2CCOCC2)c1Nc1ccc(Br)cc1. The number of hydrogen-bond acceptors (Lipinski definition) is 7. The summed E-state index contributed by atoms with van der Waals surface area (Å²) < 4.78 is 10.8. The molecule has 1 aliphatic heterocycles. The van der Waals surface area contributed by atoms with Gasteiger partial charge in [-0.1, -0.05) is 15.9 Å². The largest absolute Gasteiger partial charge is 0.378 e. The minimum absolute atomic E-state index is 0.597. The summed E-state index contributed by atoms with van der Waals surface area (Å²) >= 11 is 4.64. The summed E-state index contributed by atoms with van der Waals surface area (Å²) in [6.07, 6.45) is 0. The van der Waals surface area contributed by atoms with Gasteiger partial charge in [0, 0.05) is 23.2 Å².